The number of likely N-dealkylation sites (tertiary alicyclic amines) is 1. The minimum absolute atomic E-state index is 0.256. The van der Waals surface area contributed by atoms with Crippen LogP contribution in [0, 0.1) is 5.41 Å². The number of aromatic nitrogens is 4. The highest BCUT2D eigenvalue weighted by molar-refractivity contribution is 5.69. The van der Waals surface area contributed by atoms with E-state index in [0.29, 0.717) is 19.6 Å². The lowest BCUT2D eigenvalue weighted by Crippen LogP contribution is -2.73. The van der Waals surface area contributed by atoms with Gasteiger partial charge in [-0.15, -0.1) is 5.10 Å². The number of nitrogens with zero attached hydrogens (tertiary/aromatic N) is 5. The third-order valence-corrected chi connectivity index (χ3v) is 7.70. The Hall–Kier alpha value is -2.72. The smallest absolute Gasteiger partial charge is 0.410 e. The first-order valence-electron chi connectivity index (χ1n) is 12.8. The Bertz CT molecular complexity index is 1070. The number of rotatable bonds is 6. The van der Waals surface area contributed by atoms with Crippen LogP contribution in [0.5, 0.6) is 5.75 Å². The number of hydrogen-bond donors (Lipinski definition) is 1. The van der Waals surface area contributed by atoms with Gasteiger partial charge in [0.25, 0.3) is 0 Å². The van der Waals surface area contributed by atoms with Crippen LogP contribution in [0.25, 0.3) is 0 Å². The molecule has 0 radical (unpaired) electrons. The molecule has 36 heavy (non-hydrogen) atoms. The van der Waals surface area contributed by atoms with Crippen molar-refractivity contribution in [2.45, 2.75) is 76.6 Å². The van der Waals surface area contributed by atoms with Gasteiger partial charge in [0, 0.05) is 18.5 Å². The molecule has 3 fully saturated rings. The second-order valence-corrected chi connectivity index (χ2v) is 12.1. The largest absolute Gasteiger partial charge is 0.497 e. The van der Waals surface area contributed by atoms with Crippen LogP contribution >= 0.6 is 0 Å². The van der Waals surface area contributed by atoms with Crippen LogP contribution in [-0.4, -0.2) is 75.8 Å². The minimum Gasteiger partial charge on any atom is -0.497 e. The van der Waals surface area contributed by atoms with Crippen molar-refractivity contribution in [3.63, 3.8) is 0 Å². The van der Waals surface area contributed by atoms with E-state index in [2.05, 4.69) is 27.8 Å². The van der Waals surface area contributed by atoms with Crippen molar-refractivity contribution in [2.75, 3.05) is 33.4 Å². The Morgan fingerprint density at radius 1 is 1.11 bits per heavy atom. The predicted molar refractivity (Wildman–Crippen MR) is 133 cm³/mol. The van der Waals surface area contributed by atoms with Crippen molar-refractivity contribution in [3.8, 4) is 5.75 Å². The number of benzene rings is 1. The summed E-state index contributed by atoms with van der Waals surface area (Å²) in [5.41, 5.74) is 0.233. The van der Waals surface area contributed by atoms with E-state index in [0.717, 1.165) is 56.0 Å². The fourth-order valence-corrected chi connectivity index (χ4v) is 5.76. The molecule has 2 saturated heterocycles. The van der Waals surface area contributed by atoms with Crippen molar-refractivity contribution in [2.24, 2.45) is 5.41 Å². The monoisotopic (exact) mass is 498 g/mol. The molecule has 2 aromatic rings. The third kappa shape index (κ3) is 4.93. The minimum atomic E-state index is -0.510. The second kappa shape index (κ2) is 8.99. The van der Waals surface area contributed by atoms with E-state index in [1.54, 1.807) is 12.0 Å². The van der Waals surface area contributed by atoms with E-state index >= 15 is 0 Å². The zero-order chi connectivity index (χ0) is 25.6. The Morgan fingerprint density at radius 3 is 2.33 bits per heavy atom. The molecule has 1 spiro atoms. The van der Waals surface area contributed by atoms with Gasteiger partial charge in [-0.1, -0.05) is 12.1 Å². The predicted octanol–water partition coefficient (Wildman–Crippen LogP) is 3.11. The van der Waals surface area contributed by atoms with Gasteiger partial charge in [0.15, 0.2) is 5.82 Å². The highest BCUT2D eigenvalue weighted by atomic mass is 16.6. The summed E-state index contributed by atoms with van der Waals surface area (Å²) in [5, 5.41) is 17.0. The average Bonchev–Trinajstić information content (AvgIpc) is 3.25. The maximum absolute atomic E-state index is 12.6. The van der Waals surface area contributed by atoms with Crippen LogP contribution in [0.4, 0.5) is 4.79 Å². The van der Waals surface area contributed by atoms with Gasteiger partial charge in [0.1, 0.15) is 11.4 Å². The summed E-state index contributed by atoms with van der Waals surface area (Å²) in [6, 6.07) is 7.99. The van der Waals surface area contributed by atoms with Crippen molar-refractivity contribution < 1.29 is 19.0 Å². The number of nitrogens with one attached hydrogen (secondary N) is 1. The lowest BCUT2D eigenvalue weighted by atomic mass is 9.65. The Labute approximate surface area is 212 Å². The van der Waals surface area contributed by atoms with E-state index in [4.69, 9.17) is 14.2 Å². The summed E-state index contributed by atoms with van der Waals surface area (Å²) < 4.78 is 18.4. The van der Waals surface area contributed by atoms with E-state index in [-0.39, 0.29) is 22.6 Å². The lowest BCUT2D eigenvalue weighted by Gasteiger charge is -2.56. The number of methoxy groups -OCH3 is 1. The second-order valence-electron chi connectivity index (χ2n) is 12.1. The fraction of sp³-hybridized carbons (Fsp3) is 0.692. The SMILES string of the molecule is COc1ccc(Cn2nnnc2C2(NC3(C)CN(C(=O)OC(C)(C)C)C3)CCC3(CC2)COC3)cc1. The number of hydrogen-bond acceptors (Lipinski definition) is 8. The molecule has 0 atom stereocenters. The molecule has 196 valence electrons. The zero-order valence-electron chi connectivity index (χ0n) is 22.0. The van der Waals surface area contributed by atoms with Gasteiger partial charge < -0.3 is 19.1 Å². The van der Waals surface area contributed by atoms with Crippen LogP contribution in [0.1, 0.15) is 64.8 Å². The van der Waals surface area contributed by atoms with Gasteiger partial charge in [0.05, 0.1) is 37.9 Å². The highest BCUT2D eigenvalue weighted by Crippen LogP contribution is 2.49. The van der Waals surface area contributed by atoms with Crippen LogP contribution in [0.3, 0.4) is 0 Å². The highest BCUT2D eigenvalue weighted by Gasteiger charge is 2.54. The molecule has 3 aliphatic rings. The average molecular weight is 499 g/mol. The molecule has 0 unspecified atom stereocenters. The third-order valence-electron chi connectivity index (χ3n) is 7.70. The van der Waals surface area contributed by atoms with Crippen molar-refractivity contribution in [1.82, 2.24) is 30.4 Å². The molecule has 1 aromatic heterocycles. The molecule has 2 aliphatic heterocycles. The summed E-state index contributed by atoms with van der Waals surface area (Å²) in [6.07, 6.45) is 3.68. The van der Waals surface area contributed by atoms with Crippen LogP contribution < -0.4 is 10.1 Å². The zero-order valence-corrected chi connectivity index (χ0v) is 22.0. The number of carbonyl (C=O) groups is 1. The normalized spacial score (nSPS) is 22.0. The Morgan fingerprint density at radius 2 is 1.78 bits per heavy atom. The molecule has 1 aliphatic carbocycles. The molecule has 10 nitrogen and oxygen atoms in total. The van der Waals surface area contributed by atoms with Gasteiger partial charge in [-0.3, -0.25) is 5.32 Å². The fourth-order valence-electron chi connectivity index (χ4n) is 5.76. The molecular formula is C26H38N6O4. The first-order valence-corrected chi connectivity index (χ1v) is 12.8. The Kier molecular flexibility index (Phi) is 6.23. The first-order chi connectivity index (χ1) is 17.0. The maximum Gasteiger partial charge on any atom is 0.410 e. The van der Waals surface area contributed by atoms with Crippen LogP contribution in [0.2, 0.25) is 0 Å². The molecular weight excluding hydrogens is 460 g/mol. The molecule has 1 amide bonds. The molecule has 5 rings (SSSR count). The summed E-state index contributed by atoms with van der Waals surface area (Å²) >= 11 is 0. The number of tetrazole rings is 1. The van der Waals surface area contributed by atoms with E-state index in [9.17, 15) is 4.79 Å². The molecule has 0 bridgehead atoms. The maximum atomic E-state index is 12.6. The molecule has 1 N–H and O–H groups in total. The topological polar surface area (TPSA) is 104 Å². The van der Waals surface area contributed by atoms with E-state index in [1.807, 2.05) is 49.7 Å². The van der Waals surface area contributed by atoms with Gasteiger partial charge in [-0.25, -0.2) is 9.48 Å². The van der Waals surface area contributed by atoms with Crippen LogP contribution in [0.15, 0.2) is 24.3 Å². The van der Waals surface area contributed by atoms with Crippen molar-refractivity contribution in [3.05, 3.63) is 35.7 Å². The van der Waals surface area contributed by atoms with Gasteiger partial charge in [0.2, 0.25) is 0 Å². The molecule has 3 heterocycles. The number of ether oxygens (including phenoxy) is 3. The molecule has 1 aromatic carbocycles. The van der Waals surface area contributed by atoms with Gasteiger partial charge in [-0.2, -0.15) is 0 Å². The van der Waals surface area contributed by atoms with E-state index < -0.39 is 5.60 Å². The van der Waals surface area contributed by atoms with Crippen molar-refractivity contribution in [1.29, 1.82) is 0 Å². The van der Waals surface area contributed by atoms with E-state index in [1.165, 1.54) is 0 Å². The quantitative estimate of drug-likeness (QED) is 0.648. The molecule has 10 heteroatoms. The summed E-state index contributed by atoms with van der Waals surface area (Å²) in [4.78, 5) is 14.3. The van der Waals surface area contributed by atoms with Crippen LogP contribution in [-0.2, 0) is 21.6 Å². The van der Waals surface area contributed by atoms with Gasteiger partial charge >= 0.3 is 6.09 Å². The lowest BCUT2D eigenvalue weighted by molar-refractivity contribution is -0.145. The standard InChI is InChI=1S/C26H38N6O4/c1-23(2,3)36-22(33)31-15-24(4,16-31)28-26(12-10-25(11-13-26)17-35-18-25)21-27-29-30-32(21)14-19-6-8-20(34-5)9-7-19/h6-9,28H,10-18H2,1-5H3. The molecule has 1 saturated carbocycles. The Balaban J connectivity index is 1.36. The summed E-state index contributed by atoms with van der Waals surface area (Å²) in [5.74, 6) is 1.67. The van der Waals surface area contributed by atoms with Crippen molar-refractivity contribution >= 4 is 6.09 Å². The first kappa shape index (κ1) is 25.0. The number of carbonyl (C=O) groups excluding carboxylic acids is 1. The van der Waals surface area contributed by atoms with Gasteiger partial charge in [-0.05, 0) is 81.5 Å². The number of amides is 1. The summed E-state index contributed by atoms with van der Waals surface area (Å²) in [6.45, 7) is 11.3. The summed E-state index contributed by atoms with van der Waals surface area (Å²) in [7, 11) is 1.66.